The lowest BCUT2D eigenvalue weighted by Gasteiger charge is -2.00. The average Bonchev–Trinajstić information content (AvgIpc) is 3.17. The normalized spacial score (nSPS) is 10.0. The predicted molar refractivity (Wildman–Crippen MR) is 78.3 cm³/mol. The van der Waals surface area contributed by atoms with E-state index in [-0.39, 0.29) is 5.69 Å². The van der Waals surface area contributed by atoms with E-state index < -0.39 is 5.91 Å². The second-order valence-electron chi connectivity index (χ2n) is 4.08. The molecule has 2 heterocycles. The monoisotopic (exact) mass is 295 g/mol. The Labute approximate surface area is 124 Å². The largest absolute Gasteiger partial charge is 0.311 e. The van der Waals surface area contributed by atoms with Gasteiger partial charge in [0, 0.05) is 0 Å². The summed E-state index contributed by atoms with van der Waals surface area (Å²) in [5.74, 6) is -0.392. The molecule has 0 aliphatic heterocycles. The molecule has 0 unspecified atom stereocenters. The van der Waals surface area contributed by atoms with Crippen LogP contribution in [0.25, 0.3) is 5.69 Å². The summed E-state index contributed by atoms with van der Waals surface area (Å²) < 4.78 is 0. The van der Waals surface area contributed by atoms with Crippen LogP contribution in [0.15, 0.2) is 48.0 Å². The van der Waals surface area contributed by atoms with Crippen molar-refractivity contribution < 1.29 is 4.79 Å². The summed E-state index contributed by atoms with van der Waals surface area (Å²) in [4.78, 5) is 13.5. The van der Waals surface area contributed by atoms with E-state index in [9.17, 15) is 4.79 Å². The van der Waals surface area contributed by atoms with Gasteiger partial charge in [0.2, 0.25) is 0 Å². The predicted octanol–water partition coefficient (Wildman–Crippen LogP) is 2.45. The minimum atomic E-state index is -0.392. The van der Waals surface area contributed by atoms with Gasteiger partial charge < -0.3 is 5.32 Å². The Morgan fingerprint density at radius 3 is 2.86 bits per heavy atom. The number of benzene rings is 1. The second kappa shape index (κ2) is 5.56. The van der Waals surface area contributed by atoms with Crippen LogP contribution < -0.4 is 5.32 Å². The Morgan fingerprint density at radius 2 is 2.10 bits per heavy atom. The number of nitrogens with one attached hydrogen (secondary N) is 1. The molecule has 0 bridgehead atoms. The van der Waals surface area contributed by atoms with Gasteiger partial charge in [-0.15, -0.1) is 16.4 Å². The molecule has 0 spiro atoms. The maximum atomic E-state index is 12.1. The molecular formula is C14H9N5OS. The minimum Gasteiger partial charge on any atom is -0.311 e. The van der Waals surface area contributed by atoms with Gasteiger partial charge in [-0.25, -0.2) is 0 Å². The number of thiophene rings is 1. The summed E-state index contributed by atoms with van der Waals surface area (Å²) in [6, 6.07) is 13.0. The summed E-state index contributed by atoms with van der Waals surface area (Å²) in [5, 5.41) is 22.0. The molecule has 21 heavy (non-hydrogen) atoms. The van der Waals surface area contributed by atoms with Crippen LogP contribution in [0.3, 0.4) is 0 Å². The van der Waals surface area contributed by atoms with Gasteiger partial charge in [-0.05, 0) is 23.6 Å². The summed E-state index contributed by atoms with van der Waals surface area (Å²) in [7, 11) is 0. The van der Waals surface area contributed by atoms with Crippen molar-refractivity contribution in [2.24, 2.45) is 0 Å². The van der Waals surface area contributed by atoms with E-state index in [1.165, 1.54) is 22.3 Å². The molecule has 3 rings (SSSR count). The van der Waals surface area contributed by atoms with Crippen molar-refractivity contribution in [1.82, 2.24) is 15.0 Å². The van der Waals surface area contributed by atoms with Crippen molar-refractivity contribution in [3.8, 4) is 11.8 Å². The molecule has 1 N–H and O–H groups in total. The Kier molecular flexibility index (Phi) is 3.45. The van der Waals surface area contributed by atoms with Gasteiger partial charge in [-0.2, -0.15) is 15.2 Å². The molecule has 0 saturated carbocycles. The highest BCUT2D eigenvalue weighted by Crippen LogP contribution is 2.22. The number of nitrogens with zero attached hydrogens (tertiary/aromatic N) is 4. The zero-order valence-corrected chi connectivity index (χ0v) is 11.5. The molecule has 0 atom stereocenters. The van der Waals surface area contributed by atoms with E-state index in [0.717, 1.165) is 5.69 Å². The fourth-order valence-corrected chi connectivity index (χ4v) is 2.45. The molecule has 1 amide bonds. The summed E-state index contributed by atoms with van der Waals surface area (Å²) >= 11 is 1.29. The molecule has 1 aromatic carbocycles. The lowest BCUT2D eigenvalue weighted by atomic mass is 10.3. The lowest BCUT2D eigenvalue weighted by Crippen LogP contribution is -2.13. The molecule has 0 saturated heterocycles. The van der Waals surface area contributed by atoms with Gasteiger partial charge in [0.1, 0.15) is 11.1 Å². The molecule has 6 nitrogen and oxygen atoms in total. The summed E-state index contributed by atoms with van der Waals surface area (Å²) in [6.07, 6.45) is 1.39. The Hall–Kier alpha value is -2.98. The van der Waals surface area contributed by atoms with Crippen molar-refractivity contribution in [2.45, 2.75) is 0 Å². The van der Waals surface area contributed by atoms with Crippen LogP contribution in [0.2, 0.25) is 0 Å². The molecule has 2 aromatic heterocycles. The number of hydrogen-bond donors (Lipinski definition) is 1. The van der Waals surface area contributed by atoms with Crippen molar-refractivity contribution in [3.05, 3.63) is 59.2 Å². The van der Waals surface area contributed by atoms with E-state index in [1.807, 2.05) is 36.4 Å². The number of carbonyl (C=O) groups is 1. The fraction of sp³-hybridized carbons (Fsp3) is 0. The number of hydrogen-bond acceptors (Lipinski definition) is 5. The summed E-state index contributed by atoms with van der Waals surface area (Å²) in [6.45, 7) is 0. The highest BCUT2D eigenvalue weighted by Gasteiger charge is 2.14. The van der Waals surface area contributed by atoms with Gasteiger partial charge in [0.15, 0.2) is 5.69 Å². The molecule has 0 fully saturated rings. The van der Waals surface area contributed by atoms with Crippen LogP contribution in [-0.4, -0.2) is 20.9 Å². The van der Waals surface area contributed by atoms with Crippen LogP contribution in [0.4, 0.5) is 5.00 Å². The maximum Gasteiger partial charge on any atom is 0.278 e. The Balaban J connectivity index is 1.81. The highest BCUT2D eigenvalue weighted by molar-refractivity contribution is 7.14. The molecule has 0 aliphatic carbocycles. The quantitative estimate of drug-likeness (QED) is 0.804. The number of anilines is 1. The van der Waals surface area contributed by atoms with E-state index in [4.69, 9.17) is 5.26 Å². The zero-order chi connectivity index (χ0) is 14.7. The number of nitriles is 1. The first-order valence-electron chi connectivity index (χ1n) is 6.04. The first-order chi connectivity index (χ1) is 10.3. The average molecular weight is 295 g/mol. The van der Waals surface area contributed by atoms with E-state index in [2.05, 4.69) is 15.5 Å². The zero-order valence-electron chi connectivity index (χ0n) is 10.7. The van der Waals surface area contributed by atoms with Crippen molar-refractivity contribution in [1.29, 1.82) is 5.26 Å². The van der Waals surface area contributed by atoms with Gasteiger partial charge >= 0.3 is 0 Å². The third-order valence-corrected chi connectivity index (χ3v) is 3.55. The molecular weight excluding hydrogens is 286 g/mol. The van der Waals surface area contributed by atoms with Crippen molar-refractivity contribution in [3.63, 3.8) is 0 Å². The van der Waals surface area contributed by atoms with E-state index in [1.54, 1.807) is 11.4 Å². The van der Waals surface area contributed by atoms with Gasteiger partial charge in [-0.3, -0.25) is 4.79 Å². The fourth-order valence-electron chi connectivity index (χ4n) is 1.71. The molecule has 102 valence electrons. The van der Waals surface area contributed by atoms with Gasteiger partial charge in [0.25, 0.3) is 5.91 Å². The van der Waals surface area contributed by atoms with E-state index >= 15 is 0 Å². The summed E-state index contributed by atoms with van der Waals surface area (Å²) in [5.41, 5.74) is 1.39. The number of rotatable bonds is 3. The Morgan fingerprint density at radius 1 is 1.29 bits per heavy atom. The lowest BCUT2D eigenvalue weighted by molar-refractivity contribution is 0.102. The van der Waals surface area contributed by atoms with Crippen LogP contribution in [0.5, 0.6) is 0 Å². The van der Waals surface area contributed by atoms with Crippen molar-refractivity contribution >= 4 is 22.2 Å². The van der Waals surface area contributed by atoms with Crippen molar-refractivity contribution in [2.75, 3.05) is 5.32 Å². The number of para-hydroxylation sites is 1. The smallest absolute Gasteiger partial charge is 0.278 e. The third-order valence-electron chi connectivity index (χ3n) is 2.72. The van der Waals surface area contributed by atoms with Gasteiger partial charge in [0.05, 0.1) is 17.4 Å². The number of carbonyl (C=O) groups excluding carboxylic acids is 1. The molecule has 0 aliphatic rings. The van der Waals surface area contributed by atoms with Gasteiger partial charge in [-0.1, -0.05) is 18.2 Å². The molecule has 0 radical (unpaired) electrons. The second-order valence-corrected chi connectivity index (χ2v) is 5.00. The number of aromatic nitrogens is 3. The van der Waals surface area contributed by atoms with Crippen LogP contribution in [0.1, 0.15) is 16.1 Å². The van der Waals surface area contributed by atoms with Crippen LogP contribution >= 0.6 is 11.3 Å². The van der Waals surface area contributed by atoms with E-state index in [0.29, 0.717) is 10.6 Å². The van der Waals surface area contributed by atoms with Crippen LogP contribution in [-0.2, 0) is 0 Å². The molecule has 7 heteroatoms. The molecule has 3 aromatic rings. The SMILES string of the molecule is N#Cc1ccsc1NC(=O)c1cnn(-c2ccccc2)n1. The highest BCUT2D eigenvalue weighted by atomic mass is 32.1. The first kappa shape index (κ1) is 13.0. The maximum absolute atomic E-state index is 12.1. The standard InChI is InChI=1S/C14H9N5OS/c15-8-10-6-7-21-14(10)17-13(20)12-9-16-19(18-12)11-4-2-1-3-5-11/h1-7,9H,(H,17,20). The van der Waals surface area contributed by atoms with Crippen LogP contribution in [0, 0.1) is 11.3 Å². The first-order valence-corrected chi connectivity index (χ1v) is 6.92. The number of amides is 1. The minimum absolute atomic E-state index is 0.191. The third kappa shape index (κ3) is 2.66. The Bertz CT molecular complexity index is 815. The topological polar surface area (TPSA) is 83.6 Å².